The molecule has 1 fully saturated rings. The summed E-state index contributed by atoms with van der Waals surface area (Å²) >= 11 is 13.9. The summed E-state index contributed by atoms with van der Waals surface area (Å²) in [4.78, 5) is 4.85. The molecule has 0 radical (unpaired) electrons. The first-order valence-corrected chi connectivity index (χ1v) is 7.86. The van der Waals surface area contributed by atoms with Crippen molar-refractivity contribution in [2.45, 2.75) is 31.2 Å². The fraction of sp³-hybridized carbons (Fsp3) is 0.462. The summed E-state index contributed by atoms with van der Waals surface area (Å²) in [6.07, 6.45) is 5.04. The number of halogens is 2. The summed E-state index contributed by atoms with van der Waals surface area (Å²) in [6.45, 7) is 0. The van der Waals surface area contributed by atoms with E-state index >= 15 is 0 Å². The van der Waals surface area contributed by atoms with Crippen molar-refractivity contribution < 1.29 is 0 Å². The van der Waals surface area contributed by atoms with E-state index in [9.17, 15) is 0 Å². The minimum absolute atomic E-state index is 0.193. The molecule has 2 aliphatic rings. The van der Waals surface area contributed by atoms with Gasteiger partial charge in [-0.15, -0.1) is 0 Å². The maximum Gasteiger partial charge on any atom is 0.161 e. The van der Waals surface area contributed by atoms with E-state index in [1.807, 2.05) is 6.07 Å². The number of aliphatic imine (C=N–C) groups is 1. The third kappa shape index (κ3) is 2.49. The number of nitrogens with one attached hydrogen (secondary N) is 1. The van der Waals surface area contributed by atoms with Gasteiger partial charge in [0, 0.05) is 10.8 Å². The zero-order valence-electron chi connectivity index (χ0n) is 9.88. The molecule has 1 aliphatic heterocycles. The van der Waals surface area contributed by atoms with Gasteiger partial charge in [0.1, 0.15) is 0 Å². The van der Waals surface area contributed by atoms with Crippen molar-refractivity contribution in [1.29, 1.82) is 0 Å². The lowest BCUT2D eigenvalue weighted by molar-refractivity contribution is 0.508. The molecule has 1 N–H and O–H groups in total. The van der Waals surface area contributed by atoms with Gasteiger partial charge in [-0.1, -0.05) is 47.8 Å². The number of benzene rings is 1. The Morgan fingerprint density at radius 1 is 1.22 bits per heavy atom. The van der Waals surface area contributed by atoms with E-state index in [0.29, 0.717) is 10.0 Å². The summed E-state index contributed by atoms with van der Waals surface area (Å²) in [5.74, 6) is 1.09. The van der Waals surface area contributed by atoms with Gasteiger partial charge in [-0.05, 0) is 31.0 Å². The van der Waals surface area contributed by atoms with E-state index in [4.69, 9.17) is 28.2 Å². The molecule has 1 aliphatic carbocycles. The topological polar surface area (TPSA) is 24.4 Å². The first kappa shape index (κ1) is 12.6. The molecule has 0 amide bonds. The second-order valence-electron chi connectivity index (χ2n) is 4.89. The first-order chi connectivity index (χ1) is 8.67. The van der Waals surface area contributed by atoms with Crippen molar-refractivity contribution in [3.05, 3.63) is 28.2 Å². The molecule has 1 saturated carbocycles. The smallest absolute Gasteiger partial charge is 0.161 e. The van der Waals surface area contributed by atoms with Crippen LogP contribution in [0, 0.1) is 0 Å². The van der Waals surface area contributed by atoms with E-state index in [-0.39, 0.29) is 5.54 Å². The number of hydrogen-bond donors (Lipinski definition) is 1. The van der Waals surface area contributed by atoms with Crippen LogP contribution in [0.5, 0.6) is 0 Å². The SMILES string of the molecule is Clc1ccc(Cl)c(NC2=NC3(CCCC3)CS2)c1. The number of amidine groups is 1. The summed E-state index contributed by atoms with van der Waals surface area (Å²) in [5, 5.41) is 5.63. The molecule has 0 aromatic heterocycles. The summed E-state index contributed by atoms with van der Waals surface area (Å²) in [7, 11) is 0. The van der Waals surface area contributed by atoms with Crippen molar-refractivity contribution in [3.63, 3.8) is 0 Å². The lowest BCUT2D eigenvalue weighted by Gasteiger charge is -2.16. The predicted molar refractivity (Wildman–Crippen MR) is 81.2 cm³/mol. The highest BCUT2D eigenvalue weighted by Gasteiger charge is 2.38. The van der Waals surface area contributed by atoms with Crippen LogP contribution in [0.3, 0.4) is 0 Å². The molecule has 2 nitrogen and oxygen atoms in total. The minimum atomic E-state index is 0.193. The van der Waals surface area contributed by atoms with Gasteiger partial charge in [0.2, 0.25) is 0 Å². The van der Waals surface area contributed by atoms with Crippen LogP contribution >= 0.6 is 35.0 Å². The molecule has 5 heteroatoms. The quantitative estimate of drug-likeness (QED) is 0.804. The van der Waals surface area contributed by atoms with E-state index in [1.54, 1.807) is 23.9 Å². The maximum atomic E-state index is 6.14. The summed E-state index contributed by atoms with van der Waals surface area (Å²) < 4.78 is 0. The minimum Gasteiger partial charge on any atom is -0.334 e. The standard InChI is InChI=1S/C13H14Cl2N2S/c14-9-3-4-10(15)11(7-9)16-12-17-13(8-18-12)5-1-2-6-13/h3-4,7H,1-2,5-6,8H2,(H,16,17). The van der Waals surface area contributed by atoms with Gasteiger partial charge in [0.15, 0.2) is 5.17 Å². The van der Waals surface area contributed by atoms with E-state index < -0.39 is 0 Å². The van der Waals surface area contributed by atoms with Crippen molar-refractivity contribution in [2.24, 2.45) is 4.99 Å². The molecule has 1 spiro atoms. The fourth-order valence-electron chi connectivity index (χ4n) is 2.54. The fourth-order valence-corrected chi connectivity index (χ4v) is 4.08. The highest BCUT2D eigenvalue weighted by Crippen LogP contribution is 2.41. The molecule has 0 bridgehead atoms. The Labute approximate surface area is 121 Å². The van der Waals surface area contributed by atoms with Crippen LogP contribution in [0.25, 0.3) is 0 Å². The Bertz CT molecular complexity index is 496. The highest BCUT2D eigenvalue weighted by atomic mass is 35.5. The Morgan fingerprint density at radius 2 is 2.00 bits per heavy atom. The Balaban J connectivity index is 1.79. The van der Waals surface area contributed by atoms with Crippen LogP contribution in [0.2, 0.25) is 10.0 Å². The summed E-state index contributed by atoms with van der Waals surface area (Å²) in [6, 6.07) is 5.43. The van der Waals surface area contributed by atoms with Crippen molar-refractivity contribution >= 4 is 45.8 Å². The zero-order valence-corrected chi connectivity index (χ0v) is 12.2. The molecular formula is C13H14Cl2N2S. The maximum absolute atomic E-state index is 6.14. The van der Waals surface area contributed by atoms with Crippen molar-refractivity contribution in [3.8, 4) is 0 Å². The zero-order chi connectivity index (χ0) is 12.6. The van der Waals surface area contributed by atoms with Crippen molar-refractivity contribution in [2.75, 3.05) is 11.1 Å². The molecule has 0 atom stereocenters. The van der Waals surface area contributed by atoms with Crippen LogP contribution in [0.4, 0.5) is 5.69 Å². The average molecular weight is 301 g/mol. The molecular weight excluding hydrogens is 287 g/mol. The first-order valence-electron chi connectivity index (χ1n) is 6.12. The van der Waals surface area contributed by atoms with Gasteiger partial charge in [-0.25, -0.2) is 0 Å². The largest absolute Gasteiger partial charge is 0.334 e. The van der Waals surface area contributed by atoms with Gasteiger partial charge < -0.3 is 5.32 Å². The molecule has 0 unspecified atom stereocenters. The van der Waals surface area contributed by atoms with Gasteiger partial charge in [-0.2, -0.15) is 0 Å². The van der Waals surface area contributed by atoms with Crippen molar-refractivity contribution in [1.82, 2.24) is 0 Å². The number of hydrogen-bond acceptors (Lipinski definition) is 3. The molecule has 0 saturated heterocycles. The second kappa shape index (κ2) is 4.95. The highest BCUT2D eigenvalue weighted by molar-refractivity contribution is 8.14. The Hall–Kier alpha value is -0.380. The van der Waals surface area contributed by atoms with Crippen LogP contribution in [0.1, 0.15) is 25.7 Å². The van der Waals surface area contributed by atoms with Crippen LogP contribution < -0.4 is 5.32 Å². The number of anilines is 1. The van der Waals surface area contributed by atoms with Crippen LogP contribution in [-0.2, 0) is 0 Å². The molecule has 96 valence electrons. The number of nitrogens with zero attached hydrogens (tertiary/aromatic N) is 1. The van der Waals surface area contributed by atoms with Crippen LogP contribution in [0.15, 0.2) is 23.2 Å². The second-order valence-corrected chi connectivity index (χ2v) is 6.69. The van der Waals surface area contributed by atoms with E-state index in [2.05, 4.69) is 5.32 Å². The van der Waals surface area contributed by atoms with E-state index in [1.165, 1.54) is 25.7 Å². The van der Waals surface area contributed by atoms with Crippen LogP contribution in [-0.4, -0.2) is 16.5 Å². The average Bonchev–Trinajstić information content (AvgIpc) is 2.95. The third-order valence-electron chi connectivity index (χ3n) is 3.52. The molecule has 18 heavy (non-hydrogen) atoms. The monoisotopic (exact) mass is 300 g/mol. The van der Waals surface area contributed by atoms with E-state index in [0.717, 1.165) is 16.6 Å². The number of thioether (sulfide) groups is 1. The lowest BCUT2D eigenvalue weighted by Crippen LogP contribution is -2.21. The Kier molecular flexibility index (Phi) is 3.48. The normalized spacial score (nSPS) is 21.3. The summed E-state index contributed by atoms with van der Waals surface area (Å²) in [5.41, 5.74) is 1.03. The lowest BCUT2D eigenvalue weighted by atomic mass is 10.0. The third-order valence-corrected chi connectivity index (χ3v) is 5.23. The van der Waals surface area contributed by atoms with Gasteiger partial charge in [-0.3, -0.25) is 4.99 Å². The number of rotatable bonds is 1. The van der Waals surface area contributed by atoms with Gasteiger partial charge in [0.05, 0.1) is 16.2 Å². The molecule has 1 aromatic rings. The van der Waals surface area contributed by atoms with Gasteiger partial charge in [0.25, 0.3) is 0 Å². The molecule has 1 heterocycles. The Morgan fingerprint density at radius 3 is 2.78 bits per heavy atom. The molecule has 1 aromatic carbocycles. The molecule has 3 rings (SSSR count). The predicted octanol–water partition coefficient (Wildman–Crippen LogP) is 4.82. The van der Waals surface area contributed by atoms with Gasteiger partial charge >= 0.3 is 0 Å².